The van der Waals surface area contributed by atoms with Crippen LogP contribution in [0.5, 0.6) is 0 Å². The molecule has 0 bridgehead atoms. The molecule has 0 aliphatic carbocycles. The summed E-state index contributed by atoms with van der Waals surface area (Å²) in [6, 6.07) is 1.97. The summed E-state index contributed by atoms with van der Waals surface area (Å²) in [6.45, 7) is 3.74. The molecule has 4 nitrogen and oxygen atoms in total. The van der Waals surface area contributed by atoms with Crippen molar-refractivity contribution in [2.75, 3.05) is 0 Å². The quantitative estimate of drug-likeness (QED) is 0.788. The molecule has 0 aromatic carbocycles. The highest BCUT2D eigenvalue weighted by atomic mass is 16.4. The van der Waals surface area contributed by atoms with Crippen molar-refractivity contribution >= 4 is 5.97 Å². The van der Waals surface area contributed by atoms with Crippen molar-refractivity contribution in [3.63, 3.8) is 0 Å². The Morgan fingerprint density at radius 3 is 2.79 bits per heavy atom. The fourth-order valence-electron chi connectivity index (χ4n) is 1.34. The molecule has 1 rings (SSSR count). The van der Waals surface area contributed by atoms with Gasteiger partial charge in [0.25, 0.3) is 0 Å². The van der Waals surface area contributed by atoms with E-state index in [1.54, 1.807) is 11.6 Å². The number of nitrogens with zero attached hydrogens (tertiary/aromatic N) is 2. The SMILES string of the molecule is CCc1cc(CC(C)C(=O)O)n(C)n1. The Kier molecular flexibility index (Phi) is 3.28. The fraction of sp³-hybridized carbons (Fsp3) is 0.600. The predicted molar refractivity (Wildman–Crippen MR) is 53.1 cm³/mol. The lowest BCUT2D eigenvalue weighted by molar-refractivity contribution is -0.141. The topological polar surface area (TPSA) is 55.1 Å². The Morgan fingerprint density at radius 1 is 1.71 bits per heavy atom. The van der Waals surface area contributed by atoms with Gasteiger partial charge in [-0.1, -0.05) is 13.8 Å². The number of aryl methyl sites for hydroxylation is 2. The van der Waals surface area contributed by atoms with Crippen LogP contribution in [0.2, 0.25) is 0 Å². The number of carboxylic acid groups (broad SMARTS) is 1. The van der Waals surface area contributed by atoms with E-state index in [0.717, 1.165) is 17.8 Å². The Labute approximate surface area is 83.5 Å². The van der Waals surface area contributed by atoms with Crippen molar-refractivity contribution in [1.29, 1.82) is 0 Å². The molecule has 0 radical (unpaired) electrons. The minimum Gasteiger partial charge on any atom is -0.481 e. The molecule has 0 amide bonds. The monoisotopic (exact) mass is 196 g/mol. The number of aromatic nitrogens is 2. The van der Waals surface area contributed by atoms with Crippen LogP contribution in [-0.4, -0.2) is 20.9 Å². The van der Waals surface area contributed by atoms with Gasteiger partial charge in [-0.3, -0.25) is 9.48 Å². The Hall–Kier alpha value is -1.32. The van der Waals surface area contributed by atoms with E-state index < -0.39 is 5.97 Å². The van der Waals surface area contributed by atoms with Gasteiger partial charge < -0.3 is 5.11 Å². The van der Waals surface area contributed by atoms with Crippen molar-refractivity contribution in [2.24, 2.45) is 13.0 Å². The predicted octanol–water partition coefficient (Wildman–Crippen LogP) is 1.25. The van der Waals surface area contributed by atoms with Gasteiger partial charge in [-0.25, -0.2) is 0 Å². The van der Waals surface area contributed by atoms with Crippen LogP contribution in [0, 0.1) is 5.92 Å². The molecule has 1 aromatic heterocycles. The minimum atomic E-state index is -0.760. The highest BCUT2D eigenvalue weighted by Crippen LogP contribution is 2.10. The molecule has 4 heteroatoms. The van der Waals surface area contributed by atoms with Crippen LogP contribution in [0.1, 0.15) is 25.2 Å². The van der Waals surface area contributed by atoms with Crippen molar-refractivity contribution in [3.8, 4) is 0 Å². The third-order valence-electron chi connectivity index (χ3n) is 2.33. The highest BCUT2D eigenvalue weighted by molar-refractivity contribution is 5.69. The molecule has 0 saturated carbocycles. The summed E-state index contributed by atoms with van der Waals surface area (Å²) in [5.74, 6) is -1.11. The fourth-order valence-corrected chi connectivity index (χ4v) is 1.34. The Bertz CT molecular complexity index is 331. The summed E-state index contributed by atoms with van der Waals surface area (Å²) in [7, 11) is 1.85. The average molecular weight is 196 g/mol. The lowest BCUT2D eigenvalue weighted by atomic mass is 10.1. The molecule has 1 atom stereocenters. The second-order valence-corrected chi connectivity index (χ2v) is 3.55. The molecule has 1 aromatic rings. The van der Waals surface area contributed by atoms with Gasteiger partial charge in [0, 0.05) is 19.2 Å². The van der Waals surface area contributed by atoms with E-state index >= 15 is 0 Å². The number of rotatable bonds is 4. The van der Waals surface area contributed by atoms with Crippen LogP contribution in [0.25, 0.3) is 0 Å². The number of carboxylic acids is 1. The number of hydrogen-bond acceptors (Lipinski definition) is 2. The summed E-state index contributed by atoms with van der Waals surface area (Å²) in [5.41, 5.74) is 2.00. The maximum absolute atomic E-state index is 10.7. The van der Waals surface area contributed by atoms with Gasteiger partial charge in [-0.05, 0) is 12.5 Å². The minimum absolute atomic E-state index is 0.352. The second-order valence-electron chi connectivity index (χ2n) is 3.55. The van der Waals surface area contributed by atoms with Crippen LogP contribution in [0.4, 0.5) is 0 Å². The molecule has 0 fully saturated rings. The van der Waals surface area contributed by atoms with Crippen LogP contribution in [0.15, 0.2) is 6.07 Å². The maximum atomic E-state index is 10.7. The Morgan fingerprint density at radius 2 is 2.36 bits per heavy atom. The van der Waals surface area contributed by atoms with Gasteiger partial charge in [0.1, 0.15) is 0 Å². The summed E-state index contributed by atoms with van der Waals surface area (Å²) in [5, 5.41) is 13.0. The smallest absolute Gasteiger partial charge is 0.306 e. The zero-order chi connectivity index (χ0) is 10.7. The van der Waals surface area contributed by atoms with E-state index in [-0.39, 0.29) is 5.92 Å². The summed E-state index contributed by atoms with van der Waals surface area (Å²) < 4.78 is 1.76. The zero-order valence-corrected chi connectivity index (χ0v) is 8.82. The van der Waals surface area contributed by atoms with Gasteiger partial charge in [-0.2, -0.15) is 5.10 Å². The first-order chi connectivity index (χ1) is 6.54. The first kappa shape index (κ1) is 10.8. The second kappa shape index (κ2) is 4.26. The van der Waals surface area contributed by atoms with E-state index in [1.165, 1.54) is 0 Å². The molecule has 14 heavy (non-hydrogen) atoms. The maximum Gasteiger partial charge on any atom is 0.306 e. The molecule has 0 spiro atoms. The first-order valence-corrected chi connectivity index (χ1v) is 4.79. The van der Waals surface area contributed by atoms with Gasteiger partial charge in [0.15, 0.2) is 0 Å². The van der Waals surface area contributed by atoms with E-state index in [9.17, 15) is 4.79 Å². The first-order valence-electron chi connectivity index (χ1n) is 4.79. The Balaban J connectivity index is 2.75. The van der Waals surface area contributed by atoms with Gasteiger partial charge in [-0.15, -0.1) is 0 Å². The number of carbonyl (C=O) groups is 1. The third kappa shape index (κ3) is 2.34. The van der Waals surface area contributed by atoms with E-state index in [0.29, 0.717) is 6.42 Å². The molecular weight excluding hydrogens is 180 g/mol. The van der Waals surface area contributed by atoms with E-state index in [4.69, 9.17) is 5.11 Å². The van der Waals surface area contributed by atoms with Crippen molar-refractivity contribution in [1.82, 2.24) is 9.78 Å². The lowest BCUT2D eigenvalue weighted by Crippen LogP contribution is -2.14. The van der Waals surface area contributed by atoms with Crippen LogP contribution < -0.4 is 0 Å². The lowest BCUT2D eigenvalue weighted by Gasteiger charge is -2.05. The normalized spacial score (nSPS) is 12.8. The molecule has 0 aliphatic heterocycles. The van der Waals surface area contributed by atoms with Gasteiger partial charge in [0.2, 0.25) is 0 Å². The largest absolute Gasteiger partial charge is 0.481 e. The molecule has 1 N–H and O–H groups in total. The molecule has 78 valence electrons. The molecule has 1 heterocycles. The average Bonchev–Trinajstić information content (AvgIpc) is 2.47. The summed E-state index contributed by atoms with van der Waals surface area (Å²) >= 11 is 0. The molecular formula is C10H16N2O2. The molecule has 1 unspecified atom stereocenters. The van der Waals surface area contributed by atoms with E-state index in [2.05, 4.69) is 5.10 Å². The number of aliphatic carboxylic acids is 1. The highest BCUT2D eigenvalue weighted by Gasteiger charge is 2.14. The van der Waals surface area contributed by atoms with Crippen molar-refractivity contribution < 1.29 is 9.90 Å². The third-order valence-corrected chi connectivity index (χ3v) is 2.33. The van der Waals surface area contributed by atoms with Crippen LogP contribution in [0.3, 0.4) is 0 Å². The molecule has 0 saturated heterocycles. The van der Waals surface area contributed by atoms with Gasteiger partial charge >= 0.3 is 5.97 Å². The zero-order valence-electron chi connectivity index (χ0n) is 8.82. The molecule has 0 aliphatic rings. The van der Waals surface area contributed by atoms with Crippen LogP contribution >= 0.6 is 0 Å². The summed E-state index contributed by atoms with van der Waals surface area (Å²) in [4.78, 5) is 10.7. The van der Waals surface area contributed by atoms with E-state index in [1.807, 2.05) is 20.0 Å². The van der Waals surface area contributed by atoms with Crippen molar-refractivity contribution in [3.05, 3.63) is 17.5 Å². The van der Waals surface area contributed by atoms with Crippen molar-refractivity contribution in [2.45, 2.75) is 26.7 Å². The van der Waals surface area contributed by atoms with Crippen LogP contribution in [-0.2, 0) is 24.7 Å². The summed E-state index contributed by atoms with van der Waals surface area (Å²) in [6.07, 6.45) is 1.42. The standard InChI is InChI=1S/C10H16N2O2/c1-4-8-6-9(12(3)11-8)5-7(2)10(13)14/h6-7H,4-5H2,1-3H3,(H,13,14). The number of hydrogen-bond donors (Lipinski definition) is 1. The van der Waals surface area contributed by atoms with Gasteiger partial charge in [0.05, 0.1) is 11.6 Å².